The van der Waals surface area contributed by atoms with Crippen molar-refractivity contribution in [1.29, 1.82) is 0 Å². The molecule has 1 heteroatoms. The van der Waals surface area contributed by atoms with Crippen molar-refractivity contribution in [2.45, 2.75) is 6.42 Å². The first kappa shape index (κ1) is 8.06. The fourth-order valence-corrected chi connectivity index (χ4v) is 0.903. The first-order chi connectivity index (χ1) is 5.43. The molecule has 0 radical (unpaired) electrons. The normalized spacial score (nSPS) is 23.5. The van der Waals surface area contributed by atoms with Gasteiger partial charge in [-0.25, -0.2) is 0 Å². The molecule has 11 heavy (non-hydrogen) atoms. The number of hydrogen-bond acceptors (Lipinski definition) is 1. The van der Waals surface area contributed by atoms with Crippen molar-refractivity contribution in [2.24, 2.45) is 0 Å². The maximum absolute atomic E-state index is 5.00. The Bertz CT molecular complexity index is 227. The van der Waals surface area contributed by atoms with E-state index in [1.54, 1.807) is 7.11 Å². The van der Waals surface area contributed by atoms with E-state index in [9.17, 15) is 0 Å². The zero-order valence-corrected chi connectivity index (χ0v) is 6.71. The minimum Gasteiger partial charge on any atom is -0.380 e. The Morgan fingerprint density at radius 1 is 1.64 bits per heavy atom. The number of allylic oxidation sites excluding steroid dienone is 3. The highest BCUT2D eigenvalue weighted by Crippen LogP contribution is 2.01. The molecule has 0 unspecified atom stereocenters. The minimum absolute atomic E-state index is 0.675. The molecular weight excluding hydrogens is 136 g/mol. The van der Waals surface area contributed by atoms with Gasteiger partial charge in [-0.15, -0.1) is 5.73 Å². The quantitative estimate of drug-likeness (QED) is 0.546. The second kappa shape index (κ2) is 4.73. The minimum atomic E-state index is 0.675. The average molecular weight is 148 g/mol. The van der Waals surface area contributed by atoms with Crippen molar-refractivity contribution < 1.29 is 4.74 Å². The molecule has 1 aliphatic carbocycles. The van der Waals surface area contributed by atoms with Gasteiger partial charge in [0.25, 0.3) is 0 Å². The highest BCUT2D eigenvalue weighted by Gasteiger charge is 1.89. The molecule has 0 bridgehead atoms. The summed E-state index contributed by atoms with van der Waals surface area (Å²) in [4.78, 5) is 0. The molecule has 58 valence electrons. The van der Waals surface area contributed by atoms with E-state index >= 15 is 0 Å². The molecule has 0 atom stereocenters. The molecule has 0 amide bonds. The smallest absolute Gasteiger partial charge is 0.0716 e. The van der Waals surface area contributed by atoms with Gasteiger partial charge in [-0.1, -0.05) is 18.2 Å². The van der Waals surface area contributed by atoms with Gasteiger partial charge >= 0.3 is 0 Å². The van der Waals surface area contributed by atoms with Crippen molar-refractivity contribution in [3.8, 4) is 0 Å². The second-order valence-corrected chi connectivity index (χ2v) is 2.35. The van der Waals surface area contributed by atoms with Crippen LogP contribution in [-0.2, 0) is 4.74 Å². The second-order valence-electron chi connectivity index (χ2n) is 2.35. The van der Waals surface area contributed by atoms with Crippen LogP contribution in [0.2, 0.25) is 0 Å². The van der Waals surface area contributed by atoms with Crippen LogP contribution in [0.15, 0.2) is 41.7 Å². The highest BCUT2D eigenvalue weighted by molar-refractivity contribution is 5.23. The molecule has 0 saturated carbocycles. The van der Waals surface area contributed by atoms with E-state index in [0.717, 1.165) is 6.42 Å². The summed E-state index contributed by atoms with van der Waals surface area (Å²) in [5, 5.41) is 0. The van der Waals surface area contributed by atoms with Gasteiger partial charge in [-0.3, -0.25) is 0 Å². The summed E-state index contributed by atoms with van der Waals surface area (Å²) in [7, 11) is 1.70. The molecule has 0 spiro atoms. The number of methoxy groups -OCH3 is 1. The van der Waals surface area contributed by atoms with Gasteiger partial charge < -0.3 is 4.74 Å². The van der Waals surface area contributed by atoms with Gasteiger partial charge in [0.1, 0.15) is 0 Å². The summed E-state index contributed by atoms with van der Waals surface area (Å²) in [5.41, 5.74) is 4.23. The van der Waals surface area contributed by atoms with E-state index < -0.39 is 0 Å². The molecule has 0 aromatic heterocycles. The van der Waals surface area contributed by atoms with Crippen molar-refractivity contribution >= 4 is 0 Å². The van der Waals surface area contributed by atoms with Crippen LogP contribution in [0.25, 0.3) is 0 Å². The Kier molecular flexibility index (Phi) is 3.46. The Morgan fingerprint density at radius 2 is 2.55 bits per heavy atom. The van der Waals surface area contributed by atoms with E-state index in [1.807, 2.05) is 18.2 Å². The van der Waals surface area contributed by atoms with Crippen LogP contribution < -0.4 is 0 Å². The van der Waals surface area contributed by atoms with E-state index in [4.69, 9.17) is 4.74 Å². The van der Waals surface area contributed by atoms with Crippen molar-refractivity contribution in [3.05, 3.63) is 41.7 Å². The Balaban J connectivity index is 2.65. The maximum atomic E-state index is 5.00. The predicted octanol–water partition coefficient (Wildman–Crippen LogP) is 2.23. The molecule has 0 N–H and O–H groups in total. The van der Waals surface area contributed by atoms with Crippen LogP contribution in [0.4, 0.5) is 0 Å². The van der Waals surface area contributed by atoms with Crippen molar-refractivity contribution in [2.75, 3.05) is 13.7 Å². The van der Waals surface area contributed by atoms with Gasteiger partial charge in [-0.2, -0.15) is 0 Å². The Morgan fingerprint density at radius 3 is 3.36 bits per heavy atom. The van der Waals surface area contributed by atoms with Crippen molar-refractivity contribution in [1.82, 2.24) is 0 Å². The summed E-state index contributed by atoms with van der Waals surface area (Å²) < 4.78 is 5.00. The van der Waals surface area contributed by atoms with Crippen LogP contribution >= 0.6 is 0 Å². The first-order valence-electron chi connectivity index (χ1n) is 3.69. The number of ether oxygens (including phenoxy) is 1. The van der Waals surface area contributed by atoms with E-state index in [-0.39, 0.29) is 0 Å². The van der Waals surface area contributed by atoms with Crippen LogP contribution in [0.5, 0.6) is 0 Å². The SMILES string of the molecule is COC/C1=C/C/C=C\C=C=C1. The van der Waals surface area contributed by atoms with E-state index in [0.29, 0.717) is 6.61 Å². The highest BCUT2D eigenvalue weighted by atomic mass is 16.5. The zero-order valence-electron chi connectivity index (χ0n) is 6.71. The predicted molar refractivity (Wildman–Crippen MR) is 46.4 cm³/mol. The Hall–Kier alpha value is -1.04. The molecule has 0 aromatic carbocycles. The van der Waals surface area contributed by atoms with Gasteiger partial charge in [0, 0.05) is 7.11 Å². The molecule has 0 aliphatic heterocycles. The standard InChI is InChI=1S/C10H12O/c1-11-9-10-7-5-3-2-4-6-8-10/h2-4,7-8H,5,9H2,1H3/b3-2-,10-7+. The summed E-state index contributed by atoms with van der Waals surface area (Å²) in [6, 6.07) is 0. The molecule has 0 saturated heterocycles. The maximum Gasteiger partial charge on any atom is 0.0716 e. The fourth-order valence-electron chi connectivity index (χ4n) is 0.903. The Labute approximate surface area is 67.4 Å². The lowest BCUT2D eigenvalue weighted by Crippen LogP contribution is -1.90. The van der Waals surface area contributed by atoms with Gasteiger partial charge in [-0.05, 0) is 24.1 Å². The van der Waals surface area contributed by atoms with E-state index in [1.165, 1.54) is 5.57 Å². The monoisotopic (exact) mass is 148 g/mol. The lowest BCUT2D eigenvalue weighted by atomic mass is 10.2. The summed E-state index contributed by atoms with van der Waals surface area (Å²) in [6.07, 6.45) is 11.1. The molecule has 1 rings (SSSR count). The van der Waals surface area contributed by atoms with Gasteiger partial charge in [0.05, 0.1) is 6.61 Å². The van der Waals surface area contributed by atoms with Gasteiger partial charge in [0.2, 0.25) is 0 Å². The molecule has 1 aliphatic rings. The molecule has 0 heterocycles. The summed E-state index contributed by atoms with van der Waals surface area (Å²) in [5.74, 6) is 0. The molecule has 0 fully saturated rings. The zero-order chi connectivity index (χ0) is 7.94. The lowest BCUT2D eigenvalue weighted by Gasteiger charge is -1.98. The van der Waals surface area contributed by atoms with Crippen LogP contribution in [0, 0.1) is 0 Å². The van der Waals surface area contributed by atoms with Gasteiger partial charge in [0.15, 0.2) is 0 Å². The molecular formula is C10H12O. The van der Waals surface area contributed by atoms with Crippen LogP contribution in [0.1, 0.15) is 6.42 Å². The molecule has 1 nitrogen and oxygen atoms in total. The third-order valence-corrected chi connectivity index (χ3v) is 1.42. The van der Waals surface area contributed by atoms with Crippen molar-refractivity contribution in [3.63, 3.8) is 0 Å². The topological polar surface area (TPSA) is 9.23 Å². The van der Waals surface area contributed by atoms with Crippen LogP contribution in [0.3, 0.4) is 0 Å². The average Bonchev–Trinajstić information content (AvgIpc) is 1.94. The lowest BCUT2D eigenvalue weighted by molar-refractivity contribution is 0.228. The summed E-state index contributed by atoms with van der Waals surface area (Å²) in [6.45, 7) is 0.675. The molecule has 0 aromatic rings. The third-order valence-electron chi connectivity index (χ3n) is 1.42. The largest absolute Gasteiger partial charge is 0.380 e. The summed E-state index contributed by atoms with van der Waals surface area (Å²) >= 11 is 0. The first-order valence-corrected chi connectivity index (χ1v) is 3.69. The van der Waals surface area contributed by atoms with Crippen LogP contribution in [-0.4, -0.2) is 13.7 Å². The number of hydrogen-bond donors (Lipinski definition) is 0. The third kappa shape index (κ3) is 3.03. The fraction of sp³-hybridized carbons (Fsp3) is 0.300. The van der Waals surface area contributed by atoms with E-state index in [2.05, 4.69) is 17.9 Å². The number of rotatable bonds is 2.